The summed E-state index contributed by atoms with van der Waals surface area (Å²) in [4.78, 5) is 17.2. The average molecular weight is 525 g/mol. The van der Waals surface area contributed by atoms with Crippen molar-refractivity contribution in [3.05, 3.63) is 95.7 Å². The van der Waals surface area contributed by atoms with E-state index in [1.165, 1.54) is 28.2 Å². The van der Waals surface area contributed by atoms with Crippen LogP contribution in [0.1, 0.15) is 85.3 Å². The van der Waals surface area contributed by atoms with Crippen molar-refractivity contribution in [1.29, 1.82) is 0 Å². The molecule has 0 saturated carbocycles. The van der Waals surface area contributed by atoms with Crippen LogP contribution in [0.2, 0.25) is 0 Å². The minimum Gasteiger partial charge on any atom is -0.367 e. The molecule has 0 saturated heterocycles. The van der Waals surface area contributed by atoms with Crippen LogP contribution in [0.15, 0.2) is 84.6 Å². The average Bonchev–Trinajstić information content (AvgIpc) is 3.22. The fraction of sp³-hybridized carbons (Fsp3) is 0.472. The van der Waals surface area contributed by atoms with E-state index >= 15 is 0 Å². The van der Waals surface area contributed by atoms with Gasteiger partial charge in [-0.3, -0.25) is 4.79 Å². The van der Waals surface area contributed by atoms with Gasteiger partial charge in [-0.05, 0) is 42.2 Å². The Morgan fingerprint density at radius 1 is 0.846 bits per heavy atom. The van der Waals surface area contributed by atoms with E-state index in [0.29, 0.717) is 18.2 Å². The lowest BCUT2D eigenvalue weighted by molar-refractivity contribution is -0.126. The predicted molar refractivity (Wildman–Crippen MR) is 168 cm³/mol. The predicted octanol–water partition coefficient (Wildman–Crippen LogP) is 8.75. The number of hydrogen-bond acceptors (Lipinski definition) is 3. The summed E-state index contributed by atoms with van der Waals surface area (Å²) in [5.41, 5.74) is 6.56. The first-order valence-electron chi connectivity index (χ1n) is 14.6. The molecule has 2 aromatic rings. The monoisotopic (exact) mass is 524 g/mol. The van der Waals surface area contributed by atoms with Gasteiger partial charge in [0.05, 0.1) is 6.04 Å². The van der Waals surface area contributed by atoms with Crippen molar-refractivity contribution in [2.45, 2.75) is 91.0 Å². The molecule has 1 atom stereocenters. The number of para-hydroxylation sites is 2. The summed E-state index contributed by atoms with van der Waals surface area (Å²) in [6.45, 7) is 16.4. The molecule has 208 valence electrons. The van der Waals surface area contributed by atoms with Gasteiger partial charge in [-0.25, -0.2) is 0 Å². The van der Waals surface area contributed by atoms with Crippen LogP contribution < -0.4 is 9.80 Å². The number of hydrogen-bond donors (Lipinski definition) is 0. The molecular weight excluding hydrogens is 476 g/mol. The first-order valence-corrected chi connectivity index (χ1v) is 14.6. The number of rotatable bonds is 9. The third-order valence-electron chi connectivity index (χ3n) is 8.83. The SMILES string of the molecule is CN1c2ccccc2C(C)(C)C1/C=C/C=C/C=C1/N(CCCCCC(=O)C(C)(C)C)c2ccccc2C1(C)C. The zero-order valence-corrected chi connectivity index (χ0v) is 25.4. The van der Waals surface area contributed by atoms with Crippen LogP contribution in [0, 0.1) is 5.41 Å². The molecular formula is C36H48N2O. The summed E-state index contributed by atoms with van der Waals surface area (Å²) in [5, 5.41) is 0. The Balaban J connectivity index is 1.45. The molecule has 0 fully saturated rings. The highest BCUT2D eigenvalue weighted by Crippen LogP contribution is 2.48. The van der Waals surface area contributed by atoms with E-state index in [4.69, 9.17) is 0 Å². The van der Waals surface area contributed by atoms with Gasteiger partial charge in [-0.1, -0.05) is 116 Å². The first-order chi connectivity index (χ1) is 18.4. The molecule has 4 rings (SSSR count). The Hall–Kier alpha value is -3.07. The summed E-state index contributed by atoms with van der Waals surface area (Å²) in [7, 11) is 2.20. The normalized spacial score (nSPS) is 20.8. The molecule has 0 spiro atoms. The number of allylic oxidation sites excluding steroid dienone is 5. The summed E-state index contributed by atoms with van der Waals surface area (Å²) in [5.74, 6) is 0.366. The van der Waals surface area contributed by atoms with E-state index in [1.54, 1.807) is 0 Å². The van der Waals surface area contributed by atoms with Crippen LogP contribution in [0.25, 0.3) is 0 Å². The summed E-state index contributed by atoms with van der Waals surface area (Å²) in [6.07, 6.45) is 15.0. The second-order valence-electron chi connectivity index (χ2n) is 13.4. The highest BCUT2D eigenvalue weighted by Gasteiger charge is 2.41. The van der Waals surface area contributed by atoms with Crippen molar-refractivity contribution >= 4 is 17.2 Å². The molecule has 0 N–H and O–H groups in total. The second-order valence-corrected chi connectivity index (χ2v) is 13.4. The van der Waals surface area contributed by atoms with Crippen LogP contribution in [0.5, 0.6) is 0 Å². The van der Waals surface area contributed by atoms with Crippen LogP contribution in [0.4, 0.5) is 11.4 Å². The molecule has 0 radical (unpaired) electrons. The Bertz CT molecular complexity index is 1270. The van der Waals surface area contributed by atoms with Crippen LogP contribution in [0.3, 0.4) is 0 Å². The molecule has 0 aliphatic carbocycles. The van der Waals surface area contributed by atoms with Gasteiger partial charge in [0.1, 0.15) is 5.78 Å². The van der Waals surface area contributed by atoms with E-state index in [1.807, 2.05) is 20.8 Å². The summed E-state index contributed by atoms with van der Waals surface area (Å²) >= 11 is 0. The van der Waals surface area contributed by atoms with E-state index < -0.39 is 0 Å². The van der Waals surface area contributed by atoms with Crippen LogP contribution >= 0.6 is 0 Å². The molecule has 0 amide bonds. The van der Waals surface area contributed by atoms with Gasteiger partial charge in [-0.15, -0.1) is 0 Å². The summed E-state index contributed by atoms with van der Waals surface area (Å²) < 4.78 is 0. The van der Waals surface area contributed by atoms with Gasteiger partial charge >= 0.3 is 0 Å². The third kappa shape index (κ3) is 5.78. The number of carbonyl (C=O) groups excluding carboxylic acids is 1. The lowest BCUT2D eigenvalue weighted by Crippen LogP contribution is -2.37. The van der Waals surface area contributed by atoms with E-state index in [0.717, 1.165) is 25.8 Å². The number of fused-ring (bicyclic) bond motifs is 2. The van der Waals surface area contributed by atoms with Crippen LogP contribution in [-0.2, 0) is 15.6 Å². The fourth-order valence-corrected chi connectivity index (χ4v) is 6.36. The van der Waals surface area contributed by atoms with Gasteiger partial charge in [0.15, 0.2) is 0 Å². The van der Waals surface area contributed by atoms with E-state index in [9.17, 15) is 4.79 Å². The number of anilines is 2. The van der Waals surface area contributed by atoms with Gasteiger partial charge in [0, 0.05) is 53.3 Å². The molecule has 1 unspecified atom stereocenters. The Morgan fingerprint density at radius 3 is 2.15 bits per heavy atom. The number of nitrogens with zero attached hydrogens (tertiary/aromatic N) is 2. The number of Topliss-reactive ketones (excluding diaryl/α,β-unsaturated/α-hetero) is 1. The molecule has 39 heavy (non-hydrogen) atoms. The van der Waals surface area contributed by atoms with Gasteiger partial charge in [0.2, 0.25) is 0 Å². The maximum Gasteiger partial charge on any atom is 0.138 e. The molecule has 3 heteroatoms. The largest absolute Gasteiger partial charge is 0.367 e. The van der Waals surface area contributed by atoms with Crippen molar-refractivity contribution in [3.8, 4) is 0 Å². The van der Waals surface area contributed by atoms with Crippen molar-refractivity contribution in [2.75, 3.05) is 23.4 Å². The number of benzene rings is 2. The molecule has 3 nitrogen and oxygen atoms in total. The lowest BCUT2D eigenvalue weighted by Gasteiger charge is -2.29. The Morgan fingerprint density at radius 2 is 1.49 bits per heavy atom. The van der Waals surface area contributed by atoms with Crippen LogP contribution in [-0.4, -0.2) is 25.4 Å². The molecule has 2 heterocycles. The van der Waals surface area contributed by atoms with Crippen molar-refractivity contribution in [3.63, 3.8) is 0 Å². The standard InChI is InChI=1S/C36H48N2O/c1-34(2,3)33(39)25-13-10-18-26-38-30-22-17-15-20-28(30)36(6,7)32(38)24-12-9-11-23-31-35(4,5)27-19-14-16-21-29(27)37(31)8/h9,11-12,14-17,19-24,31H,10,13,18,25-26H2,1-8H3/b12-9+,23-11+,32-24+. The maximum atomic E-state index is 12.3. The van der Waals surface area contributed by atoms with Crippen molar-refractivity contribution < 1.29 is 4.79 Å². The quantitative estimate of drug-likeness (QED) is 0.242. The summed E-state index contributed by atoms with van der Waals surface area (Å²) in [6, 6.07) is 17.9. The zero-order chi connectivity index (χ0) is 28.4. The zero-order valence-electron chi connectivity index (χ0n) is 25.4. The third-order valence-corrected chi connectivity index (χ3v) is 8.83. The van der Waals surface area contributed by atoms with Crippen molar-refractivity contribution in [2.24, 2.45) is 5.41 Å². The van der Waals surface area contributed by atoms with Gasteiger partial charge in [-0.2, -0.15) is 0 Å². The molecule has 0 aromatic heterocycles. The smallest absolute Gasteiger partial charge is 0.138 e. The topological polar surface area (TPSA) is 23.6 Å². The Kier molecular flexibility index (Phi) is 8.30. The first kappa shape index (κ1) is 28.9. The molecule has 2 aliphatic heterocycles. The number of likely N-dealkylation sites (N-methyl/N-ethyl adjacent to an activating group) is 1. The van der Waals surface area contributed by atoms with Crippen molar-refractivity contribution in [1.82, 2.24) is 0 Å². The molecule has 2 aliphatic rings. The maximum absolute atomic E-state index is 12.3. The molecule has 2 aromatic carbocycles. The Labute approximate surface area is 237 Å². The highest BCUT2D eigenvalue weighted by atomic mass is 16.1. The second kappa shape index (κ2) is 11.2. The highest BCUT2D eigenvalue weighted by molar-refractivity contribution is 5.83. The number of ketones is 1. The fourth-order valence-electron chi connectivity index (χ4n) is 6.36. The van der Waals surface area contributed by atoms with E-state index in [2.05, 4.69) is 123 Å². The van der Waals surface area contributed by atoms with Gasteiger partial charge < -0.3 is 9.80 Å². The lowest BCUT2D eigenvalue weighted by atomic mass is 9.80. The van der Waals surface area contributed by atoms with E-state index in [-0.39, 0.29) is 16.2 Å². The van der Waals surface area contributed by atoms with Gasteiger partial charge in [0.25, 0.3) is 0 Å². The number of carbonyl (C=O) groups is 1. The minimum atomic E-state index is -0.235. The minimum absolute atomic E-state index is 0.0534. The molecule has 0 bridgehead atoms. The number of unbranched alkanes of at least 4 members (excludes halogenated alkanes) is 2.